The molecule has 3 N–H and O–H groups in total. The number of nitrogens with two attached hydrogens (primary N) is 1. The Kier molecular flexibility index (Phi) is 2.53. The van der Waals surface area contributed by atoms with Gasteiger partial charge < -0.3 is 11.1 Å². The zero-order valence-corrected chi connectivity index (χ0v) is 9.86. The number of benzene rings is 1. The van der Waals surface area contributed by atoms with Gasteiger partial charge in [-0.25, -0.2) is 9.69 Å². The molecule has 1 heterocycles. The van der Waals surface area contributed by atoms with Gasteiger partial charge in [-0.1, -0.05) is 6.07 Å². The van der Waals surface area contributed by atoms with Crippen molar-refractivity contribution in [3.05, 3.63) is 24.3 Å². The molecule has 0 atom stereocenters. The van der Waals surface area contributed by atoms with Crippen molar-refractivity contribution in [1.82, 2.24) is 5.32 Å². The molecule has 1 aliphatic heterocycles. The predicted molar refractivity (Wildman–Crippen MR) is 65.6 cm³/mol. The fourth-order valence-electron chi connectivity index (χ4n) is 1.89. The molecule has 5 nitrogen and oxygen atoms in total. The van der Waals surface area contributed by atoms with Gasteiger partial charge in [0.2, 0.25) is 5.91 Å². The van der Waals surface area contributed by atoms with E-state index in [1.165, 1.54) is 0 Å². The van der Waals surface area contributed by atoms with E-state index in [0.29, 0.717) is 11.4 Å². The summed E-state index contributed by atoms with van der Waals surface area (Å²) in [4.78, 5) is 25.0. The summed E-state index contributed by atoms with van der Waals surface area (Å²) in [5.41, 5.74) is 6.17. The molecule has 0 aromatic heterocycles. The fourth-order valence-corrected chi connectivity index (χ4v) is 1.89. The lowest BCUT2D eigenvalue weighted by atomic mass is 9.97. The fraction of sp³-hybridized carbons (Fsp3) is 0.333. The third-order valence-corrected chi connectivity index (χ3v) is 2.62. The maximum Gasteiger partial charge on any atom is 0.329 e. The van der Waals surface area contributed by atoms with Gasteiger partial charge in [0.15, 0.2) is 0 Å². The van der Waals surface area contributed by atoms with E-state index in [2.05, 4.69) is 5.32 Å². The first kappa shape index (κ1) is 11.4. The first-order valence-corrected chi connectivity index (χ1v) is 5.40. The number of hydrogen-bond acceptors (Lipinski definition) is 3. The van der Waals surface area contributed by atoms with E-state index in [4.69, 9.17) is 5.73 Å². The Bertz CT molecular complexity index is 462. The van der Waals surface area contributed by atoms with Crippen LogP contribution in [-0.2, 0) is 4.79 Å². The number of rotatable bonds is 1. The molecule has 1 fully saturated rings. The van der Waals surface area contributed by atoms with Crippen molar-refractivity contribution in [3.63, 3.8) is 0 Å². The number of urea groups is 1. The third kappa shape index (κ3) is 2.22. The molecular weight excluding hydrogens is 218 g/mol. The lowest BCUT2D eigenvalue weighted by Gasteiger charge is -2.36. The highest BCUT2D eigenvalue weighted by molar-refractivity contribution is 6.16. The van der Waals surface area contributed by atoms with Crippen LogP contribution in [0.25, 0.3) is 0 Å². The average Bonchev–Trinajstić information content (AvgIpc) is 2.13. The second-order valence-corrected chi connectivity index (χ2v) is 4.81. The van der Waals surface area contributed by atoms with E-state index < -0.39 is 11.6 Å². The summed E-state index contributed by atoms with van der Waals surface area (Å²) in [5, 5.41) is 2.78. The van der Waals surface area contributed by atoms with Crippen LogP contribution in [0, 0.1) is 0 Å². The Hall–Kier alpha value is -2.04. The van der Waals surface area contributed by atoms with Crippen LogP contribution in [-0.4, -0.2) is 17.5 Å². The first-order valence-electron chi connectivity index (χ1n) is 5.40. The number of hydrogen-bond donors (Lipinski definition) is 2. The zero-order chi connectivity index (χ0) is 12.6. The molecule has 90 valence electrons. The Labute approximate surface area is 99.6 Å². The Morgan fingerprint density at radius 1 is 1.35 bits per heavy atom. The summed E-state index contributed by atoms with van der Waals surface area (Å²) in [7, 11) is 0. The minimum atomic E-state index is -0.495. The Morgan fingerprint density at radius 3 is 2.65 bits per heavy atom. The van der Waals surface area contributed by atoms with E-state index in [0.717, 1.165) is 4.90 Å². The topological polar surface area (TPSA) is 75.4 Å². The molecule has 0 unspecified atom stereocenters. The van der Waals surface area contributed by atoms with Gasteiger partial charge >= 0.3 is 6.03 Å². The average molecular weight is 233 g/mol. The standard InChI is InChI=1S/C12H15N3O2/c1-12(2)7-10(16)15(11(17)14-12)9-5-3-4-8(13)6-9/h3-6H,7,13H2,1-2H3,(H,14,17). The van der Waals surface area contributed by atoms with Crippen LogP contribution >= 0.6 is 0 Å². The lowest BCUT2D eigenvalue weighted by Crippen LogP contribution is -2.59. The molecule has 1 aromatic rings. The van der Waals surface area contributed by atoms with Crippen molar-refractivity contribution >= 4 is 23.3 Å². The molecule has 17 heavy (non-hydrogen) atoms. The van der Waals surface area contributed by atoms with E-state index in [1.54, 1.807) is 24.3 Å². The second-order valence-electron chi connectivity index (χ2n) is 4.81. The van der Waals surface area contributed by atoms with Gasteiger partial charge in [-0.3, -0.25) is 4.79 Å². The molecule has 1 aromatic carbocycles. The van der Waals surface area contributed by atoms with Crippen LogP contribution in [0.15, 0.2) is 24.3 Å². The molecule has 0 bridgehead atoms. The monoisotopic (exact) mass is 233 g/mol. The van der Waals surface area contributed by atoms with Gasteiger partial charge in [0.1, 0.15) is 0 Å². The van der Waals surface area contributed by atoms with Gasteiger partial charge in [-0.05, 0) is 32.0 Å². The Morgan fingerprint density at radius 2 is 2.06 bits per heavy atom. The van der Waals surface area contributed by atoms with Crippen molar-refractivity contribution in [2.24, 2.45) is 0 Å². The Balaban J connectivity index is 2.34. The summed E-state index contributed by atoms with van der Waals surface area (Å²) >= 11 is 0. The predicted octanol–water partition coefficient (Wildman–Crippen LogP) is 1.49. The van der Waals surface area contributed by atoms with E-state index in [-0.39, 0.29) is 12.3 Å². The third-order valence-electron chi connectivity index (χ3n) is 2.62. The SMILES string of the molecule is CC1(C)CC(=O)N(c2cccc(N)c2)C(=O)N1. The largest absolute Gasteiger partial charge is 0.399 e. The number of nitrogen functional groups attached to an aromatic ring is 1. The van der Waals surface area contributed by atoms with Gasteiger partial charge in [0, 0.05) is 11.2 Å². The summed E-state index contributed by atoms with van der Waals surface area (Å²) < 4.78 is 0. The van der Waals surface area contributed by atoms with Gasteiger partial charge in [-0.15, -0.1) is 0 Å². The molecule has 0 saturated carbocycles. The summed E-state index contributed by atoms with van der Waals surface area (Å²) in [6.45, 7) is 3.64. The molecule has 0 spiro atoms. The zero-order valence-electron chi connectivity index (χ0n) is 9.86. The quantitative estimate of drug-likeness (QED) is 0.722. The number of nitrogens with one attached hydrogen (secondary N) is 1. The molecule has 1 aliphatic rings. The minimum Gasteiger partial charge on any atom is -0.399 e. The number of carbonyl (C=O) groups is 2. The molecule has 2 rings (SSSR count). The van der Waals surface area contributed by atoms with Crippen molar-refractivity contribution in [3.8, 4) is 0 Å². The number of imide groups is 1. The highest BCUT2D eigenvalue weighted by atomic mass is 16.2. The number of anilines is 2. The first-order chi connectivity index (χ1) is 7.89. The highest BCUT2D eigenvalue weighted by Crippen LogP contribution is 2.24. The van der Waals surface area contributed by atoms with Gasteiger partial charge in [0.25, 0.3) is 0 Å². The van der Waals surface area contributed by atoms with Gasteiger partial charge in [0.05, 0.1) is 12.1 Å². The molecule has 3 amide bonds. The number of amides is 3. The molecular formula is C12H15N3O2. The summed E-state index contributed by atoms with van der Waals surface area (Å²) in [6.07, 6.45) is 0.271. The van der Waals surface area contributed by atoms with Gasteiger partial charge in [-0.2, -0.15) is 0 Å². The van der Waals surface area contributed by atoms with Crippen LogP contribution in [0.1, 0.15) is 20.3 Å². The normalized spacial score (nSPS) is 19.1. The second kappa shape index (κ2) is 3.76. The molecule has 5 heteroatoms. The minimum absolute atomic E-state index is 0.218. The van der Waals surface area contributed by atoms with Crippen molar-refractivity contribution in [1.29, 1.82) is 0 Å². The van der Waals surface area contributed by atoms with E-state index >= 15 is 0 Å². The van der Waals surface area contributed by atoms with Crippen molar-refractivity contribution < 1.29 is 9.59 Å². The van der Waals surface area contributed by atoms with Crippen LogP contribution in [0.3, 0.4) is 0 Å². The summed E-state index contributed by atoms with van der Waals surface area (Å²) in [5.74, 6) is -0.218. The van der Waals surface area contributed by atoms with Crippen molar-refractivity contribution in [2.45, 2.75) is 25.8 Å². The summed E-state index contributed by atoms with van der Waals surface area (Å²) in [6, 6.07) is 6.31. The molecule has 1 saturated heterocycles. The van der Waals surface area contributed by atoms with E-state index in [1.807, 2.05) is 13.8 Å². The number of nitrogens with zero attached hydrogens (tertiary/aromatic N) is 1. The van der Waals surface area contributed by atoms with Crippen molar-refractivity contribution in [2.75, 3.05) is 10.6 Å². The van der Waals surface area contributed by atoms with Crippen LogP contribution in [0.4, 0.5) is 16.2 Å². The van der Waals surface area contributed by atoms with Crippen LogP contribution in [0.2, 0.25) is 0 Å². The molecule has 0 aliphatic carbocycles. The lowest BCUT2D eigenvalue weighted by molar-refractivity contribution is -0.119. The smallest absolute Gasteiger partial charge is 0.329 e. The van der Waals surface area contributed by atoms with Crippen LogP contribution < -0.4 is 16.0 Å². The van der Waals surface area contributed by atoms with Crippen LogP contribution in [0.5, 0.6) is 0 Å². The number of carbonyl (C=O) groups excluding carboxylic acids is 2. The maximum absolute atomic E-state index is 12.0. The molecule has 0 radical (unpaired) electrons. The maximum atomic E-state index is 12.0. The van der Waals surface area contributed by atoms with E-state index in [9.17, 15) is 9.59 Å². The highest BCUT2D eigenvalue weighted by Gasteiger charge is 2.37.